The lowest BCUT2D eigenvalue weighted by atomic mass is 9.88. The second-order valence-electron chi connectivity index (χ2n) is 4.37. The average Bonchev–Trinajstić information content (AvgIpc) is 2.56. The maximum atomic E-state index is 10.3. The van der Waals surface area contributed by atoms with Gasteiger partial charge in [-0.05, 0) is 20.0 Å². The van der Waals surface area contributed by atoms with Crippen molar-refractivity contribution in [3.05, 3.63) is 0 Å². The van der Waals surface area contributed by atoms with Gasteiger partial charge >= 0.3 is 8.60 Å². The van der Waals surface area contributed by atoms with E-state index in [1.165, 1.54) is 13.5 Å². The minimum absolute atomic E-state index is 0.0585. The molecule has 0 fully saturated rings. The lowest BCUT2D eigenvalue weighted by Crippen LogP contribution is -2.34. The number of rotatable bonds is 8. The Balaban J connectivity index is -0.000000150. The van der Waals surface area contributed by atoms with Gasteiger partial charge in [-0.1, -0.05) is 48.5 Å². The first kappa shape index (κ1) is 29.9. The SMILES string of the molecule is CC.CC.CCCNC.COP(O)OCC(C)(C)C(O)C=O. The number of carbonyl (C=O) groups is 1. The summed E-state index contributed by atoms with van der Waals surface area (Å²) < 4.78 is 9.35. The van der Waals surface area contributed by atoms with Crippen molar-refractivity contribution in [3.63, 3.8) is 0 Å². The number of nitrogens with one attached hydrogen (secondary N) is 1. The number of aliphatic hydroxyl groups excluding tert-OH is 1. The summed E-state index contributed by atoms with van der Waals surface area (Å²) in [7, 11) is 1.38. The molecule has 0 saturated carbocycles. The molecule has 0 rings (SSSR count). The van der Waals surface area contributed by atoms with Crippen LogP contribution in [0.3, 0.4) is 0 Å². The molecule has 0 heterocycles. The molecule has 0 bridgehead atoms. The molecule has 0 aromatic heterocycles. The Labute approximate surface area is 138 Å². The fourth-order valence-electron chi connectivity index (χ4n) is 0.794. The molecular weight excluding hydrogens is 305 g/mol. The molecule has 0 amide bonds. The van der Waals surface area contributed by atoms with E-state index >= 15 is 0 Å². The third-order valence-corrected chi connectivity index (χ3v) is 2.80. The Morgan fingerprint density at radius 1 is 1.27 bits per heavy atom. The van der Waals surface area contributed by atoms with Crippen LogP contribution in [-0.2, 0) is 13.8 Å². The van der Waals surface area contributed by atoms with Crippen LogP contribution in [-0.4, -0.2) is 49.7 Å². The molecule has 7 heteroatoms. The molecule has 6 nitrogen and oxygen atoms in total. The molecule has 0 aliphatic heterocycles. The summed E-state index contributed by atoms with van der Waals surface area (Å²) in [6.07, 6.45) is 0.569. The van der Waals surface area contributed by atoms with Gasteiger partial charge in [-0.25, -0.2) is 0 Å². The Hall–Kier alpha value is -0.100. The number of hydrogen-bond donors (Lipinski definition) is 3. The Kier molecular flexibility index (Phi) is 31.4. The monoisotopic (exact) mass is 343 g/mol. The van der Waals surface area contributed by atoms with Crippen LogP contribution in [0.5, 0.6) is 0 Å². The first-order valence-electron chi connectivity index (χ1n) is 7.79. The van der Waals surface area contributed by atoms with Gasteiger partial charge in [0, 0.05) is 12.5 Å². The minimum Gasteiger partial charge on any atom is -0.385 e. The second-order valence-corrected chi connectivity index (χ2v) is 5.47. The fraction of sp³-hybridized carbons (Fsp3) is 0.933. The molecule has 2 atom stereocenters. The normalized spacial score (nSPS) is 12.3. The molecule has 0 aromatic carbocycles. The molecular formula is C15H38NO5P. The molecule has 0 aliphatic carbocycles. The maximum absolute atomic E-state index is 10.3. The van der Waals surface area contributed by atoms with Crippen molar-refractivity contribution in [2.24, 2.45) is 5.41 Å². The molecule has 0 saturated heterocycles. The van der Waals surface area contributed by atoms with Gasteiger partial charge in [0.1, 0.15) is 12.4 Å². The predicted molar refractivity (Wildman–Crippen MR) is 94.9 cm³/mol. The Bertz CT molecular complexity index is 204. The largest absolute Gasteiger partial charge is 0.385 e. The predicted octanol–water partition coefficient (Wildman–Crippen LogP) is 3.12. The molecule has 0 spiro atoms. The smallest absolute Gasteiger partial charge is 0.329 e. The van der Waals surface area contributed by atoms with Crippen molar-refractivity contribution < 1.29 is 23.8 Å². The summed E-state index contributed by atoms with van der Waals surface area (Å²) in [6.45, 7) is 14.7. The van der Waals surface area contributed by atoms with E-state index in [1.807, 2.05) is 34.7 Å². The third-order valence-electron chi connectivity index (χ3n) is 2.13. The summed E-state index contributed by atoms with van der Waals surface area (Å²) in [5.74, 6) is 0. The van der Waals surface area contributed by atoms with Gasteiger partial charge in [0.05, 0.1) is 6.61 Å². The first-order valence-corrected chi connectivity index (χ1v) is 8.92. The van der Waals surface area contributed by atoms with Crippen molar-refractivity contribution in [2.45, 2.75) is 61.0 Å². The van der Waals surface area contributed by atoms with Gasteiger partial charge in [-0.15, -0.1) is 0 Å². The molecule has 22 heavy (non-hydrogen) atoms. The molecule has 2 unspecified atom stereocenters. The van der Waals surface area contributed by atoms with Gasteiger partial charge in [0.15, 0.2) is 0 Å². The molecule has 0 aromatic rings. The number of carbonyl (C=O) groups excluding carboxylic acids is 1. The molecule has 0 radical (unpaired) electrons. The van der Waals surface area contributed by atoms with Crippen LogP contribution in [0.25, 0.3) is 0 Å². The van der Waals surface area contributed by atoms with E-state index < -0.39 is 20.1 Å². The highest BCUT2D eigenvalue weighted by Gasteiger charge is 2.29. The zero-order valence-electron chi connectivity index (χ0n) is 15.8. The number of aliphatic hydroxyl groups is 1. The summed E-state index contributed by atoms with van der Waals surface area (Å²) in [5, 5.41) is 12.2. The van der Waals surface area contributed by atoms with E-state index in [0.29, 0.717) is 6.29 Å². The summed E-state index contributed by atoms with van der Waals surface area (Å²) >= 11 is 0. The highest BCUT2D eigenvalue weighted by atomic mass is 31.2. The highest BCUT2D eigenvalue weighted by molar-refractivity contribution is 7.40. The summed E-state index contributed by atoms with van der Waals surface area (Å²) in [6, 6.07) is 0. The van der Waals surface area contributed by atoms with Crippen LogP contribution < -0.4 is 5.32 Å². The van der Waals surface area contributed by atoms with Crippen LogP contribution in [0.2, 0.25) is 0 Å². The van der Waals surface area contributed by atoms with Crippen LogP contribution in [0.15, 0.2) is 0 Å². The Morgan fingerprint density at radius 2 is 1.73 bits per heavy atom. The van der Waals surface area contributed by atoms with E-state index in [0.717, 1.165) is 6.54 Å². The quantitative estimate of drug-likeness (QED) is 0.463. The van der Waals surface area contributed by atoms with Crippen LogP contribution in [0.1, 0.15) is 54.9 Å². The van der Waals surface area contributed by atoms with Crippen LogP contribution in [0.4, 0.5) is 0 Å². The van der Waals surface area contributed by atoms with Gasteiger partial charge in [0.2, 0.25) is 0 Å². The van der Waals surface area contributed by atoms with Crippen molar-refractivity contribution in [2.75, 3.05) is 27.3 Å². The van der Waals surface area contributed by atoms with Gasteiger partial charge < -0.3 is 29.2 Å². The van der Waals surface area contributed by atoms with Crippen molar-refractivity contribution >= 4 is 14.9 Å². The Morgan fingerprint density at radius 3 is 1.95 bits per heavy atom. The number of aldehydes is 1. The van der Waals surface area contributed by atoms with E-state index in [4.69, 9.17) is 9.42 Å². The topological polar surface area (TPSA) is 88.0 Å². The van der Waals surface area contributed by atoms with Crippen molar-refractivity contribution in [1.29, 1.82) is 0 Å². The minimum atomic E-state index is -1.90. The lowest BCUT2D eigenvalue weighted by Gasteiger charge is -2.26. The van der Waals surface area contributed by atoms with E-state index in [-0.39, 0.29) is 6.61 Å². The lowest BCUT2D eigenvalue weighted by molar-refractivity contribution is -0.121. The first-order chi connectivity index (χ1) is 10.4. The van der Waals surface area contributed by atoms with Crippen molar-refractivity contribution in [1.82, 2.24) is 5.32 Å². The second kappa shape index (κ2) is 23.2. The molecule has 0 aliphatic rings. The standard InChI is InChI=1S/C7H15O5P.C4H11N.2C2H6/c1-7(2,6(9)4-8)5-12-13(10)11-3;1-3-4-5-2;2*1-2/h4,6,9-10H,5H2,1-3H3;5H,3-4H2,1-2H3;2*1-2H3. The summed E-state index contributed by atoms with van der Waals surface area (Å²) in [5.41, 5.74) is -0.719. The van der Waals surface area contributed by atoms with Crippen molar-refractivity contribution in [3.8, 4) is 0 Å². The van der Waals surface area contributed by atoms with E-state index in [9.17, 15) is 9.90 Å². The maximum Gasteiger partial charge on any atom is 0.329 e. The van der Waals surface area contributed by atoms with Crippen LogP contribution in [0, 0.1) is 5.41 Å². The fourth-order valence-corrected chi connectivity index (χ4v) is 1.34. The molecule has 138 valence electrons. The van der Waals surface area contributed by atoms with E-state index in [2.05, 4.69) is 16.8 Å². The van der Waals surface area contributed by atoms with Gasteiger partial charge in [0.25, 0.3) is 0 Å². The zero-order chi connectivity index (χ0) is 18.6. The number of hydrogen-bond acceptors (Lipinski definition) is 6. The highest BCUT2D eigenvalue weighted by Crippen LogP contribution is 2.34. The summed E-state index contributed by atoms with van der Waals surface area (Å²) in [4.78, 5) is 19.2. The molecule has 3 N–H and O–H groups in total. The zero-order valence-corrected chi connectivity index (χ0v) is 16.7. The van der Waals surface area contributed by atoms with E-state index in [1.54, 1.807) is 13.8 Å². The van der Waals surface area contributed by atoms with Gasteiger partial charge in [-0.2, -0.15) is 0 Å². The third kappa shape index (κ3) is 22.2. The average molecular weight is 343 g/mol. The van der Waals surface area contributed by atoms with Gasteiger partial charge in [-0.3, -0.25) is 0 Å². The van der Waals surface area contributed by atoms with Crippen LogP contribution >= 0.6 is 8.60 Å².